The number of likely N-dealkylation sites (N-methyl/N-ethyl adjacent to an activating group) is 1. The molecule has 2 atom stereocenters. The van der Waals surface area contributed by atoms with E-state index >= 15 is 0 Å². The molecule has 0 bridgehead atoms. The summed E-state index contributed by atoms with van der Waals surface area (Å²) in [7, 11) is -1.43. The summed E-state index contributed by atoms with van der Waals surface area (Å²) >= 11 is 0. The zero-order chi connectivity index (χ0) is 14.6. The monoisotopic (exact) mass is 291 g/mol. The highest BCUT2D eigenvalue weighted by Gasteiger charge is 2.25. The van der Waals surface area contributed by atoms with Crippen LogP contribution in [0.15, 0.2) is 0 Å². The van der Waals surface area contributed by atoms with Gasteiger partial charge in [0, 0.05) is 32.3 Å². The Morgan fingerprint density at radius 1 is 1.58 bits per heavy atom. The summed E-state index contributed by atoms with van der Waals surface area (Å²) in [5.41, 5.74) is 5.65. The predicted octanol–water partition coefficient (Wildman–Crippen LogP) is -1.51. The minimum atomic E-state index is -3.11. The van der Waals surface area contributed by atoms with E-state index in [-0.39, 0.29) is 30.0 Å². The van der Waals surface area contributed by atoms with Gasteiger partial charge >= 0.3 is 0 Å². The van der Waals surface area contributed by atoms with Crippen molar-refractivity contribution in [2.75, 3.05) is 25.6 Å². The van der Waals surface area contributed by atoms with Gasteiger partial charge < -0.3 is 16.0 Å². The maximum absolute atomic E-state index is 11.8. The summed E-state index contributed by atoms with van der Waals surface area (Å²) in [6.07, 6.45) is 2.21. The lowest BCUT2D eigenvalue weighted by Gasteiger charge is -2.30. The fourth-order valence-corrected chi connectivity index (χ4v) is 2.59. The second kappa shape index (κ2) is 6.33. The topological polar surface area (TPSA) is 110 Å². The van der Waals surface area contributed by atoms with Crippen LogP contribution >= 0.6 is 0 Å². The molecule has 1 heterocycles. The SMILES string of the molecule is CN1CC(NC(=O)C(N)CCS(C)(=O)=O)CCC1=O. The molecule has 1 saturated heterocycles. The number of carbonyl (C=O) groups excluding carboxylic acids is 2. The Labute approximate surface area is 113 Å². The Morgan fingerprint density at radius 3 is 2.74 bits per heavy atom. The highest BCUT2D eigenvalue weighted by molar-refractivity contribution is 7.90. The van der Waals surface area contributed by atoms with Crippen molar-refractivity contribution in [3.05, 3.63) is 0 Å². The van der Waals surface area contributed by atoms with Gasteiger partial charge in [0.2, 0.25) is 11.8 Å². The number of amides is 2. The molecular formula is C11H21N3O4S. The molecule has 19 heavy (non-hydrogen) atoms. The van der Waals surface area contributed by atoms with Crippen LogP contribution in [0.5, 0.6) is 0 Å². The van der Waals surface area contributed by atoms with E-state index in [2.05, 4.69) is 5.32 Å². The minimum Gasteiger partial charge on any atom is -0.350 e. The molecule has 7 nitrogen and oxygen atoms in total. The number of carbonyl (C=O) groups is 2. The van der Waals surface area contributed by atoms with Gasteiger partial charge in [0.05, 0.1) is 11.8 Å². The molecule has 0 radical (unpaired) electrons. The molecule has 2 unspecified atom stereocenters. The number of nitrogens with one attached hydrogen (secondary N) is 1. The summed E-state index contributed by atoms with van der Waals surface area (Å²) < 4.78 is 22.0. The second-order valence-electron chi connectivity index (χ2n) is 5.04. The van der Waals surface area contributed by atoms with Crippen LogP contribution in [0.1, 0.15) is 19.3 Å². The Balaban J connectivity index is 2.40. The number of likely N-dealkylation sites (tertiary alicyclic amines) is 1. The molecule has 0 aromatic carbocycles. The number of rotatable bonds is 5. The van der Waals surface area contributed by atoms with Crippen molar-refractivity contribution in [3.8, 4) is 0 Å². The molecular weight excluding hydrogens is 270 g/mol. The molecule has 1 aliphatic heterocycles. The van der Waals surface area contributed by atoms with Gasteiger partial charge in [-0.25, -0.2) is 8.42 Å². The third-order valence-corrected chi connectivity index (χ3v) is 4.09. The summed E-state index contributed by atoms with van der Waals surface area (Å²) in [6.45, 7) is 0.462. The zero-order valence-electron chi connectivity index (χ0n) is 11.3. The van der Waals surface area contributed by atoms with Crippen LogP contribution in [0.25, 0.3) is 0 Å². The normalized spacial score (nSPS) is 22.2. The van der Waals surface area contributed by atoms with Crippen LogP contribution in [-0.2, 0) is 19.4 Å². The van der Waals surface area contributed by atoms with Crippen molar-refractivity contribution >= 4 is 21.7 Å². The summed E-state index contributed by atoms with van der Waals surface area (Å²) in [5, 5.41) is 2.75. The van der Waals surface area contributed by atoms with E-state index in [4.69, 9.17) is 5.73 Å². The molecule has 0 aliphatic carbocycles. The van der Waals surface area contributed by atoms with E-state index in [0.29, 0.717) is 19.4 Å². The van der Waals surface area contributed by atoms with Crippen LogP contribution in [0.3, 0.4) is 0 Å². The number of piperidine rings is 1. The average molecular weight is 291 g/mol. The molecule has 2 amide bonds. The van der Waals surface area contributed by atoms with Crippen molar-refractivity contribution in [2.24, 2.45) is 5.73 Å². The molecule has 0 aromatic rings. The molecule has 1 rings (SSSR count). The third kappa shape index (κ3) is 5.56. The summed E-state index contributed by atoms with van der Waals surface area (Å²) in [5.74, 6) is -0.409. The number of hydrogen-bond acceptors (Lipinski definition) is 5. The van der Waals surface area contributed by atoms with Crippen LogP contribution in [-0.4, -0.2) is 62.8 Å². The molecule has 3 N–H and O–H groups in total. The van der Waals surface area contributed by atoms with Crippen molar-refractivity contribution < 1.29 is 18.0 Å². The summed E-state index contributed by atoms with van der Waals surface area (Å²) in [6, 6.07) is -0.947. The number of hydrogen-bond donors (Lipinski definition) is 2. The van der Waals surface area contributed by atoms with E-state index in [9.17, 15) is 18.0 Å². The van der Waals surface area contributed by atoms with Crippen LogP contribution in [0.4, 0.5) is 0 Å². The van der Waals surface area contributed by atoms with Gasteiger partial charge in [0.15, 0.2) is 0 Å². The highest BCUT2D eigenvalue weighted by atomic mass is 32.2. The molecule has 8 heteroatoms. The van der Waals surface area contributed by atoms with E-state index < -0.39 is 15.9 Å². The van der Waals surface area contributed by atoms with Gasteiger partial charge in [0.1, 0.15) is 9.84 Å². The molecule has 0 saturated carbocycles. The molecule has 0 spiro atoms. The van der Waals surface area contributed by atoms with Crippen LogP contribution in [0.2, 0.25) is 0 Å². The second-order valence-corrected chi connectivity index (χ2v) is 7.30. The maximum Gasteiger partial charge on any atom is 0.237 e. The lowest BCUT2D eigenvalue weighted by molar-refractivity contribution is -0.134. The molecule has 1 fully saturated rings. The number of sulfone groups is 1. The Bertz CT molecular complexity index is 449. The van der Waals surface area contributed by atoms with E-state index in [0.717, 1.165) is 6.26 Å². The molecule has 1 aliphatic rings. The van der Waals surface area contributed by atoms with Gasteiger partial charge in [-0.15, -0.1) is 0 Å². The largest absolute Gasteiger partial charge is 0.350 e. The van der Waals surface area contributed by atoms with Gasteiger partial charge in [0.25, 0.3) is 0 Å². The van der Waals surface area contributed by atoms with E-state index in [1.54, 1.807) is 11.9 Å². The van der Waals surface area contributed by atoms with Crippen molar-refractivity contribution in [1.29, 1.82) is 0 Å². The van der Waals surface area contributed by atoms with E-state index in [1.807, 2.05) is 0 Å². The standard InChI is InChI=1S/C11H21N3O4S/c1-14-7-8(3-4-10(14)15)13-11(16)9(12)5-6-19(2,17)18/h8-9H,3-7,12H2,1-2H3,(H,13,16). The Hall–Kier alpha value is -1.15. The lowest BCUT2D eigenvalue weighted by Crippen LogP contribution is -2.52. The highest BCUT2D eigenvalue weighted by Crippen LogP contribution is 2.09. The van der Waals surface area contributed by atoms with Gasteiger partial charge in [-0.3, -0.25) is 9.59 Å². The first-order valence-electron chi connectivity index (χ1n) is 6.16. The first-order valence-corrected chi connectivity index (χ1v) is 8.23. The predicted molar refractivity (Wildman–Crippen MR) is 71.1 cm³/mol. The van der Waals surface area contributed by atoms with Gasteiger partial charge in [-0.05, 0) is 12.8 Å². The van der Waals surface area contributed by atoms with Crippen molar-refractivity contribution in [2.45, 2.75) is 31.3 Å². The average Bonchev–Trinajstić information content (AvgIpc) is 2.29. The first kappa shape index (κ1) is 15.9. The zero-order valence-corrected chi connectivity index (χ0v) is 12.1. The number of nitrogens with two attached hydrogens (primary N) is 1. The maximum atomic E-state index is 11.8. The van der Waals surface area contributed by atoms with E-state index in [1.165, 1.54) is 0 Å². The van der Waals surface area contributed by atoms with Crippen LogP contribution in [0, 0.1) is 0 Å². The van der Waals surface area contributed by atoms with Crippen molar-refractivity contribution in [1.82, 2.24) is 10.2 Å². The third-order valence-electron chi connectivity index (χ3n) is 3.11. The van der Waals surface area contributed by atoms with Crippen molar-refractivity contribution in [3.63, 3.8) is 0 Å². The number of nitrogens with zero attached hydrogens (tertiary/aromatic N) is 1. The smallest absolute Gasteiger partial charge is 0.237 e. The minimum absolute atomic E-state index is 0.0619. The fourth-order valence-electron chi connectivity index (χ4n) is 1.91. The van der Waals surface area contributed by atoms with Crippen LogP contribution < -0.4 is 11.1 Å². The first-order chi connectivity index (χ1) is 8.69. The lowest BCUT2D eigenvalue weighted by atomic mass is 10.0. The summed E-state index contributed by atoms with van der Waals surface area (Å²) in [4.78, 5) is 24.6. The quantitative estimate of drug-likeness (QED) is 0.639. The van der Waals surface area contributed by atoms with Gasteiger partial charge in [-0.2, -0.15) is 0 Å². The Kier molecular flexibility index (Phi) is 5.30. The molecule has 0 aromatic heterocycles. The van der Waals surface area contributed by atoms with Gasteiger partial charge in [-0.1, -0.05) is 0 Å². The Morgan fingerprint density at radius 2 is 2.21 bits per heavy atom. The fraction of sp³-hybridized carbons (Fsp3) is 0.818. The molecule has 110 valence electrons.